The molecule has 0 aromatic carbocycles. The summed E-state index contributed by atoms with van der Waals surface area (Å²) in [5.41, 5.74) is 2.77. The Morgan fingerprint density at radius 1 is 1.22 bits per heavy atom. The number of sulfonamides is 1. The van der Waals surface area contributed by atoms with E-state index in [1.54, 1.807) is 17.4 Å². The van der Waals surface area contributed by atoms with Crippen LogP contribution in [0.5, 0.6) is 5.75 Å². The summed E-state index contributed by atoms with van der Waals surface area (Å²) in [5, 5.41) is 0.959. The fourth-order valence-electron chi connectivity index (χ4n) is 4.96. The number of thiazole rings is 1. The molecule has 2 aliphatic heterocycles. The van der Waals surface area contributed by atoms with E-state index in [9.17, 15) is 13.2 Å². The number of hydrogen-bond donors (Lipinski definition) is 1. The van der Waals surface area contributed by atoms with Crippen LogP contribution in [0, 0.1) is 6.92 Å². The molecule has 0 bridgehead atoms. The number of carbonyl (C=O) groups excluding carboxylic acids is 1. The van der Waals surface area contributed by atoms with Gasteiger partial charge >= 0.3 is 0 Å². The largest absolute Gasteiger partial charge is 0.482 e. The van der Waals surface area contributed by atoms with Crippen LogP contribution in [0.3, 0.4) is 0 Å². The molecule has 3 aromatic heterocycles. The van der Waals surface area contributed by atoms with Gasteiger partial charge in [-0.15, -0.1) is 11.3 Å². The number of nitrogens with one attached hydrogen (secondary N) is 1. The highest BCUT2D eigenvalue weighted by atomic mass is 32.2. The van der Waals surface area contributed by atoms with Gasteiger partial charge in [-0.05, 0) is 38.3 Å². The lowest BCUT2D eigenvalue weighted by Crippen LogP contribution is -2.43. The van der Waals surface area contributed by atoms with Gasteiger partial charge in [0.2, 0.25) is 10.0 Å². The molecule has 0 saturated heterocycles. The highest BCUT2D eigenvalue weighted by Gasteiger charge is 2.38. The number of aryl methyl sites for hydroxylation is 3. The first kappa shape index (κ1) is 24.7. The minimum atomic E-state index is -3.44. The number of ether oxygens (including phenoxy) is 1. The molecule has 10 nitrogen and oxygen atoms in total. The molecule has 5 rings (SSSR count). The lowest BCUT2D eigenvalue weighted by molar-refractivity contribution is -0.135. The summed E-state index contributed by atoms with van der Waals surface area (Å²) in [6, 6.07) is 2.95. The highest BCUT2D eigenvalue weighted by molar-refractivity contribution is 7.92. The van der Waals surface area contributed by atoms with Crippen LogP contribution in [-0.2, 0) is 40.6 Å². The van der Waals surface area contributed by atoms with E-state index in [1.165, 1.54) is 6.07 Å². The Balaban J connectivity index is 1.40. The predicted octanol–water partition coefficient (Wildman–Crippen LogP) is 2.87. The number of hydrogen-bond acceptors (Lipinski definition) is 8. The third kappa shape index (κ3) is 4.96. The van der Waals surface area contributed by atoms with Crippen LogP contribution in [0.25, 0.3) is 0 Å². The average Bonchev–Trinajstić information content (AvgIpc) is 3.44. The molecule has 1 unspecified atom stereocenters. The summed E-state index contributed by atoms with van der Waals surface area (Å²) in [4.78, 5) is 30.2. The van der Waals surface area contributed by atoms with Crippen molar-refractivity contribution < 1.29 is 17.9 Å². The number of aromatic nitrogens is 4. The molecule has 1 N–H and O–H groups in total. The summed E-state index contributed by atoms with van der Waals surface area (Å²) < 4.78 is 33.7. The van der Waals surface area contributed by atoms with E-state index < -0.39 is 10.0 Å². The number of pyridine rings is 1. The van der Waals surface area contributed by atoms with Crippen LogP contribution >= 0.6 is 11.3 Å². The van der Waals surface area contributed by atoms with Crippen molar-refractivity contribution in [1.29, 1.82) is 0 Å². The third-order valence-corrected chi connectivity index (χ3v) is 8.04. The van der Waals surface area contributed by atoms with Crippen LogP contribution in [-0.4, -0.2) is 58.2 Å². The van der Waals surface area contributed by atoms with Gasteiger partial charge in [0.15, 0.2) is 6.61 Å². The molecule has 2 aliphatic rings. The Hall–Kier alpha value is -2.99. The smallest absolute Gasteiger partial charge is 0.261 e. The SMILES string of the molecule is CCc1nc(NS(C)(=O)=O)ccc1OCC(=O)N1CCc2nc3n(c2C1c1cnc(C)s1)CCCC3. The van der Waals surface area contributed by atoms with Gasteiger partial charge in [-0.2, -0.15) is 0 Å². The van der Waals surface area contributed by atoms with E-state index in [0.29, 0.717) is 30.8 Å². The molecule has 3 aromatic rings. The van der Waals surface area contributed by atoms with Crippen molar-refractivity contribution in [2.24, 2.45) is 0 Å². The summed E-state index contributed by atoms with van der Waals surface area (Å²) in [6.45, 7) is 5.21. The van der Waals surface area contributed by atoms with Gasteiger partial charge in [0.1, 0.15) is 23.4 Å². The molecule has 12 heteroatoms. The van der Waals surface area contributed by atoms with Crippen LogP contribution in [0.15, 0.2) is 18.3 Å². The zero-order chi connectivity index (χ0) is 25.4. The van der Waals surface area contributed by atoms with E-state index in [-0.39, 0.29) is 24.4 Å². The zero-order valence-corrected chi connectivity index (χ0v) is 22.3. The minimum Gasteiger partial charge on any atom is -0.482 e. The molecular weight excluding hydrogens is 500 g/mol. The molecule has 36 heavy (non-hydrogen) atoms. The summed E-state index contributed by atoms with van der Waals surface area (Å²) in [5.74, 6) is 1.69. The highest BCUT2D eigenvalue weighted by Crippen LogP contribution is 2.39. The van der Waals surface area contributed by atoms with Gasteiger partial charge in [-0.25, -0.2) is 23.4 Å². The van der Waals surface area contributed by atoms with Crippen molar-refractivity contribution in [3.05, 3.63) is 51.1 Å². The van der Waals surface area contributed by atoms with E-state index in [4.69, 9.17) is 9.72 Å². The van der Waals surface area contributed by atoms with Crippen molar-refractivity contribution >= 4 is 33.1 Å². The van der Waals surface area contributed by atoms with Crippen molar-refractivity contribution in [2.45, 2.75) is 58.5 Å². The van der Waals surface area contributed by atoms with Crippen molar-refractivity contribution in [3.8, 4) is 5.75 Å². The second kappa shape index (κ2) is 9.81. The Bertz CT molecular complexity index is 1400. The van der Waals surface area contributed by atoms with Gasteiger partial charge in [0, 0.05) is 32.1 Å². The maximum atomic E-state index is 13.6. The van der Waals surface area contributed by atoms with Crippen molar-refractivity contribution in [2.75, 3.05) is 24.1 Å². The number of amides is 1. The zero-order valence-electron chi connectivity index (χ0n) is 20.7. The van der Waals surface area contributed by atoms with E-state index >= 15 is 0 Å². The topological polar surface area (TPSA) is 119 Å². The number of nitrogens with zero attached hydrogens (tertiary/aromatic N) is 5. The van der Waals surface area contributed by atoms with Gasteiger partial charge in [-0.1, -0.05) is 6.92 Å². The number of fused-ring (bicyclic) bond motifs is 3. The molecule has 1 atom stereocenters. The first-order valence-electron chi connectivity index (χ1n) is 12.1. The van der Waals surface area contributed by atoms with Crippen LogP contribution in [0.1, 0.15) is 58.6 Å². The molecule has 5 heterocycles. The molecule has 0 aliphatic carbocycles. The Morgan fingerprint density at radius 3 is 2.78 bits per heavy atom. The average molecular weight is 531 g/mol. The predicted molar refractivity (Wildman–Crippen MR) is 137 cm³/mol. The molecular formula is C24H30N6O4S2. The standard InChI is InChI=1S/C24H30N6O4S2/c1-4-16-18(8-9-20(26-16)28-36(3,32)33)34-14-22(31)30-12-10-17-23(24(30)19-13-25-15(2)35-19)29-11-6-5-7-21(29)27-17/h8-9,13,24H,4-7,10-12,14H2,1-3H3,(H,26,28). The molecule has 0 saturated carbocycles. The molecule has 192 valence electrons. The van der Waals surface area contributed by atoms with Crippen LogP contribution in [0.2, 0.25) is 0 Å². The van der Waals surface area contributed by atoms with Crippen LogP contribution in [0.4, 0.5) is 5.82 Å². The van der Waals surface area contributed by atoms with Crippen molar-refractivity contribution in [1.82, 2.24) is 24.4 Å². The maximum absolute atomic E-state index is 13.6. The summed E-state index contributed by atoms with van der Waals surface area (Å²) >= 11 is 1.61. The quantitative estimate of drug-likeness (QED) is 0.499. The third-order valence-electron chi connectivity index (χ3n) is 6.49. The fourth-order valence-corrected chi connectivity index (χ4v) is 6.35. The second-order valence-electron chi connectivity index (χ2n) is 9.15. The first-order valence-corrected chi connectivity index (χ1v) is 14.8. The number of rotatable bonds is 7. The molecule has 0 spiro atoms. The lowest BCUT2D eigenvalue weighted by atomic mass is 10.0. The Morgan fingerprint density at radius 2 is 2.06 bits per heavy atom. The second-order valence-corrected chi connectivity index (χ2v) is 12.2. The Kier molecular flexibility index (Phi) is 6.73. The van der Waals surface area contributed by atoms with Gasteiger partial charge in [-0.3, -0.25) is 9.52 Å². The maximum Gasteiger partial charge on any atom is 0.261 e. The molecule has 0 fully saturated rings. The summed E-state index contributed by atoms with van der Waals surface area (Å²) in [7, 11) is -3.44. The van der Waals surface area contributed by atoms with Gasteiger partial charge in [0.05, 0.1) is 33.2 Å². The number of carbonyl (C=O) groups is 1. The normalized spacial score (nSPS) is 17.4. The summed E-state index contributed by atoms with van der Waals surface area (Å²) in [6.07, 6.45) is 7.41. The van der Waals surface area contributed by atoms with E-state index in [2.05, 4.69) is 19.3 Å². The monoisotopic (exact) mass is 530 g/mol. The number of anilines is 1. The molecule has 0 radical (unpaired) electrons. The van der Waals surface area contributed by atoms with Crippen LogP contribution < -0.4 is 9.46 Å². The van der Waals surface area contributed by atoms with E-state index in [0.717, 1.165) is 59.2 Å². The van der Waals surface area contributed by atoms with Gasteiger partial charge < -0.3 is 14.2 Å². The molecule has 1 amide bonds. The van der Waals surface area contributed by atoms with Gasteiger partial charge in [0.25, 0.3) is 5.91 Å². The first-order chi connectivity index (χ1) is 17.2. The fraction of sp³-hybridized carbons (Fsp3) is 0.500. The lowest BCUT2D eigenvalue weighted by Gasteiger charge is -2.36. The van der Waals surface area contributed by atoms with Crippen molar-refractivity contribution in [3.63, 3.8) is 0 Å². The Labute approximate surface area is 214 Å². The van der Waals surface area contributed by atoms with E-state index in [1.807, 2.05) is 24.9 Å². The number of imidazole rings is 1. The minimum absolute atomic E-state index is 0.122.